The molecule has 0 amide bonds. The molecule has 10 heteroatoms. The molecule has 0 spiro atoms. The molecule has 6 rings (SSSR count). The van der Waals surface area contributed by atoms with E-state index >= 15 is 0 Å². The molecule has 3 aromatic heterocycles. The molecule has 1 aromatic carbocycles. The third-order valence-electron chi connectivity index (χ3n) is 7.36. The van der Waals surface area contributed by atoms with E-state index in [0.29, 0.717) is 29.8 Å². The van der Waals surface area contributed by atoms with Crippen LogP contribution in [0.1, 0.15) is 19.3 Å². The van der Waals surface area contributed by atoms with E-state index in [1.807, 2.05) is 24.4 Å². The van der Waals surface area contributed by atoms with Crippen molar-refractivity contribution in [2.75, 3.05) is 29.9 Å². The molecule has 4 aromatic rings. The van der Waals surface area contributed by atoms with Crippen molar-refractivity contribution in [1.29, 1.82) is 0 Å². The number of nitrogens with zero attached hydrogens (tertiary/aromatic N) is 6. The maximum absolute atomic E-state index is 10.6. The standard InChI is InChI=1S/C24H27N7O3/c32-12-24(8-5-18(33)20(24)34)31-14-28-19-21(26-13-27-23(19)31)29-16-7-10-30(11-16)22-17-4-2-1-3-15(17)6-9-25-22/h1-4,6,9,13-14,16,18,20,32-34H,5,7-8,10-12H2,(H,26,27,29)/t16-,18-,20-,24+/m0/s1. The van der Waals surface area contributed by atoms with Crippen LogP contribution in [0.5, 0.6) is 0 Å². The van der Waals surface area contributed by atoms with Crippen molar-refractivity contribution in [3.05, 3.63) is 49.2 Å². The fourth-order valence-electron chi connectivity index (χ4n) is 5.46. The highest BCUT2D eigenvalue weighted by atomic mass is 16.3. The Labute approximate surface area is 195 Å². The van der Waals surface area contributed by atoms with Crippen molar-refractivity contribution in [1.82, 2.24) is 24.5 Å². The topological polar surface area (TPSA) is 132 Å². The summed E-state index contributed by atoms with van der Waals surface area (Å²) in [5.74, 6) is 1.60. The van der Waals surface area contributed by atoms with E-state index in [0.717, 1.165) is 30.7 Å². The Kier molecular flexibility index (Phi) is 5.09. The molecule has 10 nitrogen and oxygen atoms in total. The van der Waals surface area contributed by atoms with Gasteiger partial charge in [0.05, 0.1) is 24.6 Å². The van der Waals surface area contributed by atoms with Crippen molar-refractivity contribution >= 4 is 33.6 Å². The number of aliphatic hydroxyl groups excluding tert-OH is 3. The predicted molar refractivity (Wildman–Crippen MR) is 128 cm³/mol. The van der Waals surface area contributed by atoms with E-state index in [2.05, 4.69) is 42.3 Å². The molecular formula is C24H27N7O3. The Morgan fingerprint density at radius 1 is 1.06 bits per heavy atom. The number of benzene rings is 1. The lowest BCUT2D eigenvalue weighted by molar-refractivity contribution is -0.0362. The lowest BCUT2D eigenvalue weighted by atomic mass is 9.95. The van der Waals surface area contributed by atoms with Crippen LogP contribution in [0.4, 0.5) is 11.6 Å². The number of anilines is 2. The van der Waals surface area contributed by atoms with Crippen molar-refractivity contribution in [3.8, 4) is 0 Å². The van der Waals surface area contributed by atoms with Crippen LogP contribution < -0.4 is 10.2 Å². The van der Waals surface area contributed by atoms with Crippen LogP contribution in [0, 0.1) is 0 Å². The van der Waals surface area contributed by atoms with E-state index in [1.54, 1.807) is 10.9 Å². The lowest BCUT2D eigenvalue weighted by Crippen LogP contribution is -2.47. The first-order chi connectivity index (χ1) is 16.6. The van der Waals surface area contributed by atoms with Gasteiger partial charge in [0.1, 0.15) is 23.8 Å². The molecule has 2 aliphatic rings. The Balaban J connectivity index is 1.27. The van der Waals surface area contributed by atoms with Crippen molar-refractivity contribution < 1.29 is 15.3 Å². The molecule has 34 heavy (non-hydrogen) atoms. The monoisotopic (exact) mass is 461 g/mol. The van der Waals surface area contributed by atoms with Crippen LogP contribution >= 0.6 is 0 Å². The predicted octanol–water partition coefficient (Wildman–Crippen LogP) is 1.27. The molecule has 4 heterocycles. The normalized spacial score (nSPS) is 27.1. The summed E-state index contributed by atoms with van der Waals surface area (Å²) in [5.41, 5.74) is 0.0418. The highest BCUT2D eigenvalue weighted by molar-refractivity contribution is 5.92. The first kappa shape index (κ1) is 21.2. The van der Waals surface area contributed by atoms with Gasteiger partial charge in [-0.3, -0.25) is 0 Å². The van der Waals surface area contributed by atoms with Gasteiger partial charge in [0.2, 0.25) is 0 Å². The molecule has 0 radical (unpaired) electrons. The van der Waals surface area contributed by atoms with Crippen molar-refractivity contribution in [2.45, 2.75) is 43.1 Å². The van der Waals surface area contributed by atoms with E-state index < -0.39 is 17.7 Å². The van der Waals surface area contributed by atoms with Crippen LogP contribution in [-0.4, -0.2) is 77.8 Å². The van der Waals surface area contributed by atoms with Gasteiger partial charge >= 0.3 is 0 Å². The zero-order valence-corrected chi connectivity index (χ0v) is 18.6. The number of aromatic nitrogens is 5. The van der Waals surface area contributed by atoms with E-state index in [4.69, 9.17) is 0 Å². The first-order valence-electron chi connectivity index (χ1n) is 11.6. The summed E-state index contributed by atoms with van der Waals surface area (Å²) in [6.45, 7) is 1.33. The smallest absolute Gasteiger partial charge is 0.166 e. The number of hydrogen-bond acceptors (Lipinski definition) is 9. The van der Waals surface area contributed by atoms with Gasteiger partial charge < -0.3 is 30.1 Å². The van der Waals surface area contributed by atoms with Crippen LogP contribution in [0.2, 0.25) is 0 Å². The SMILES string of the molecule is OC[C@]1(n2cnc3c(N[C@H]4CCN(c5nccc6ccccc56)C4)ncnc32)CC[C@H](O)[C@@H]1O. The Morgan fingerprint density at radius 2 is 1.94 bits per heavy atom. The Hall–Kier alpha value is -3.34. The van der Waals surface area contributed by atoms with Gasteiger partial charge in [0, 0.05) is 30.7 Å². The fourth-order valence-corrected chi connectivity index (χ4v) is 5.46. The zero-order chi connectivity index (χ0) is 23.3. The minimum absolute atomic E-state index is 0.148. The quantitative estimate of drug-likeness (QED) is 0.347. The summed E-state index contributed by atoms with van der Waals surface area (Å²) < 4.78 is 1.69. The van der Waals surface area contributed by atoms with Crippen molar-refractivity contribution in [3.63, 3.8) is 0 Å². The molecule has 4 atom stereocenters. The Morgan fingerprint density at radius 3 is 2.76 bits per heavy atom. The maximum atomic E-state index is 10.6. The van der Waals surface area contributed by atoms with Gasteiger partial charge in [0.25, 0.3) is 0 Å². The third-order valence-corrected chi connectivity index (χ3v) is 7.36. The van der Waals surface area contributed by atoms with Gasteiger partial charge in [0.15, 0.2) is 11.5 Å². The van der Waals surface area contributed by atoms with Crippen LogP contribution in [0.25, 0.3) is 21.9 Å². The summed E-state index contributed by atoms with van der Waals surface area (Å²) in [4.78, 5) is 20.3. The van der Waals surface area contributed by atoms with Gasteiger partial charge in [-0.05, 0) is 30.7 Å². The summed E-state index contributed by atoms with van der Waals surface area (Å²) in [6.07, 6.45) is 4.65. The average Bonchev–Trinajstić information content (AvgIpc) is 3.58. The minimum atomic E-state index is -1.10. The van der Waals surface area contributed by atoms with Crippen LogP contribution in [0.3, 0.4) is 0 Å². The molecule has 4 N–H and O–H groups in total. The number of rotatable bonds is 5. The molecule has 0 unspecified atom stereocenters. The highest BCUT2D eigenvalue weighted by Gasteiger charge is 2.49. The summed E-state index contributed by atoms with van der Waals surface area (Å²) in [5, 5.41) is 36.7. The van der Waals surface area contributed by atoms with Crippen LogP contribution in [-0.2, 0) is 5.54 Å². The van der Waals surface area contributed by atoms with Gasteiger partial charge in [-0.2, -0.15) is 0 Å². The van der Waals surface area contributed by atoms with Crippen molar-refractivity contribution in [2.24, 2.45) is 0 Å². The van der Waals surface area contributed by atoms with Gasteiger partial charge in [-0.15, -0.1) is 0 Å². The number of imidazole rings is 1. The third kappa shape index (κ3) is 3.21. The summed E-state index contributed by atoms with van der Waals surface area (Å²) >= 11 is 0. The number of hydrogen-bond donors (Lipinski definition) is 4. The number of fused-ring (bicyclic) bond motifs is 2. The van der Waals surface area contributed by atoms with E-state index in [-0.39, 0.29) is 12.6 Å². The van der Waals surface area contributed by atoms with E-state index in [9.17, 15) is 15.3 Å². The molecule has 2 fully saturated rings. The molecule has 1 aliphatic carbocycles. The first-order valence-corrected chi connectivity index (χ1v) is 11.6. The number of nitrogens with one attached hydrogen (secondary N) is 1. The van der Waals surface area contributed by atoms with Gasteiger partial charge in [-0.1, -0.05) is 24.3 Å². The second kappa shape index (κ2) is 8.15. The average molecular weight is 462 g/mol. The van der Waals surface area contributed by atoms with Gasteiger partial charge in [-0.25, -0.2) is 19.9 Å². The number of aliphatic hydroxyl groups is 3. The molecule has 1 aliphatic heterocycles. The molecule has 0 bridgehead atoms. The lowest BCUT2D eigenvalue weighted by Gasteiger charge is -2.33. The fraction of sp³-hybridized carbons (Fsp3) is 0.417. The second-order valence-electron chi connectivity index (χ2n) is 9.25. The number of pyridine rings is 1. The summed E-state index contributed by atoms with van der Waals surface area (Å²) in [7, 11) is 0. The zero-order valence-electron chi connectivity index (χ0n) is 18.6. The minimum Gasteiger partial charge on any atom is -0.394 e. The Bertz CT molecular complexity index is 1340. The second-order valence-corrected chi connectivity index (χ2v) is 9.25. The highest BCUT2D eigenvalue weighted by Crippen LogP contribution is 2.39. The van der Waals surface area contributed by atoms with Crippen LogP contribution in [0.15, 0.2) is 49.2 Å². The molecule has 1 saturated heterocycles. The molecule has 1 saturated carbocycles. The van der Waals surface area contributed by atoms with E-state index in [1.165, 1.54) is 11.7 Å². The molecular weight excluding hydrogens is 434 g/mol. The largest absolute Gasteiger partial charge is 0.394 e. The maximum Gasteiger partial charge on any atom is 0.166 e. The molecule has 176 valence electrons. The summed E-state index contributed by atoms with van der Waals surface area (Å²) in [6, 6.07) is 10.4.